The van der Waals surface area contributed by atoms with Gasteiger partial charge in [0.1, 0.15) is 10.4 Å². The lowest BCUT2D eigenvalue weighted by atomic mass is 10.1. The minimum atomic E-state index is -3.59. The Bertz CT molecular complexity index is 619. The molecule has 0 spiro atoms. The Labute approximate surface area is 119 Å². The fraction of sp³-hybridized carbons (Fsp3) is 0.400. The molecule has 1 saturated heterocycles. The van der Waals surface area contributed by atoms with Crippen molar-refractivity contribution in [3.63, 3.8) is 0 Å². The molecule has 2 rings (SSSR count). The third-order valence-corrected chi connectivity index (χ3v) is 4.21. The number of hydrogen-bond donors (Lipinski definition) is 2. The molecule has 0 radical (unpaired) electrons. The molecule has 1 atom stereocenters. The van der Waals surface area contributed by atoms with E-state index in [9.17, 15) is 13.2 Å². The van der Waals surface area contributed by atoms with Crippen LogP contribution in [0.25, 0.3) is 0 Å². The lowest BCUT2D eigenvalue weighted by molar-refractivity contribution is -0.117. The van der Waals surface area contributed by atoms with Gasteiger partial charge in [0, 0.05) is 18.9 Å². The van der Waals surface area contributed by atoms with Crippen LogP contribution in [0.15, 0.2) is 16.7 Å². The second-order valence-electron chi connectivity index (χ2n) is 4.44. The average Bonchev–Trinajstić information content (AvgIpc) is 2.56. The number of sulfonamides is 1. The maximum atomic E-state index is 11.9. The molecule has 1 aromatic heterocycles. The van der Waals surface area contributed by atoms with Crippen molar-refractivity contribution >= 4 is 43.4 Å². The number of nitrogens with two attached hydrogens (primary N) is 2. The Morgan fingerprint density at radius 3 is 2.74 bits per heavy atom. The quantitative estimate of drug-likeness (QED) is 0.749. The highest BCUT2D eigenvalue weighted by Crippen LogP contribution is 2.30. The summed E-state index contributed by atoms with van der Waals surface area (Å²) in [5, 5.41) is 4.99. The molecule has 1 amide bonds. The minimum Gasteiger partial charge on any atom is -0.382 e. The predicted molar refractivity (Wildman–Crippen MR) is 74.8 cm³/mol. The molecule has 1 unspecified atom stereocenters. The standard InChI is InChI=1S/C10H13BrN4O3S/c11-8-2-1-7(10(12)14-8)15-4-6(3-9(15)16)5-19(13,17)18/h1-2,6H,3-5H2,(H2,12,14)(H2,13,17,18). The maximum Gasteiger partial charge on any atom is 0.227 e. The van der Waals surface area contributed by atoms with Crippen LogP contribution in [0.3, 0.4) is 0 Å². The summed E-state index contributed by atoms with van der Waals surface area (Å²) in [6.07, 6.45) is 0.145. The summed E-state index contributed by atoms with van der Waals surface area (Å²) >= 11 is 3.18. The lowest BCUT2D eigenvalue weighted by Gasteiger charge is -2.18. The number of amides is 1. The van der Waals surface area contributed by atoms with Crippen molar-refractivity contribution in [3.05, 3.63) is 16.7 Å². The summed E-state index contributed by atoms with van der Waals surface area (Å²) in [5.41, 5.74) is 6.25. The topological polar surface area (TPSA) is 119 Å². The van der Waals surface area contributed by atoms with Crippen LogP contribution in [0.1, 0.15) is 6.42 Å². The zero-order valence-corrected chi connectivity index (χ0v) is 12.3. The van der Waals surface area contributed by atoms with E-state index in [0.29, 0.717) is 10.3 Å². The third kappa shape index (κ3) is 3.43. The third-order valence-electron chi connectivity index (χ3n) is 2.83. The molecule has 1 aliphatic heterocycles. The number of aromatic nitrogens is 1. The van der Waals surface area contributed by atoms with Gasteiger partial charge in [-0.3, -0.25) is 4.79 Å². The molecule has 104 valence electrons. The van der Waals surface area contributed by atoms with Crippen molar-refractivity contribution in [2.45, 2.75) is 6.42 Å². The van der Waals surface area contributed by atoms with Gasteiger partial charge in [-0.15, -0.1) is 0 Å². The predicted octanol–water partition coefficient (Wildman–Crippen LogP) is 0.0677. The van der Waals surface area contributed by atoms with Crippen LogP contribution < -0.4 is 15.8 Å². The molecule has 19 heavy (non-hydrogen) atoms. The molecule has 4 N–H and O–H groups in total. The Hall–Kier alpha value is -1.19. The van der Waals surface area contributed by atoms with E-state index in [1.807, 2.05) is 0 Å². The summed E-state index contributed by atoms with van der Waals surface area (Å²) in [6, 6.07) is 3.34. The first-order valence-corrected chi connectivity index (χ1v) is 8.00. The van der Waals surface area contributed by atoms with Crippen molar-refractivity contribution in [2.24, 2.45) is 11.1 Å². The normalized spacial score (nSPS) is 20.0. The highest BCUT2D eigenvalue weighted by Gasteiger charge is 2.33. The largest absolute Gasteiger partial charge is 0.382 e. The monoisotopic (exact) mass is 348 g/mol. The number of nitrogen functional groups attached to an aromatic ring is 1. The lowest BCUT2D eigenvalue weighted by Crippen LogP contribution is -2.28. The minimum absolute atomic E-state index is 0.145. The molecule has 7 nitrogen and oxygen atoms in total. The van der Waals surface area contributed by atoms with Crippen LogP contribution in [-0.4, -0.2) is 31.6 Å². The number of carbonyl (C=O) groups is 1. The SMILES string of the molecule is Nc1nc(Br)ccc1N1CC(CS(N)(=O)=O)CC1=O. The Kier molecular flexibility index (Phi) is 3.79. The molecule has 0 bridgehead atoms. The van der Waals surface area contributed by atoms with E-state index >= 15 is 0 Å². The molecule has 0 aliphatic carbocycles. The van der Waals surface area contributed by atoms with Crippen molar-refractivity contribution in [1.82, 2.24) is 4.98 Å². The van der Waals surface area contributed by atoms with Gasteiger partial charge in [-0.25, -0.2) is 18.5 Å². The van der Waals surface area contributed by atoms with Crippen molar-refractivity contribution in [3.8, 4) is 0 Å². The maximum absolute atomic E-state index is 11.9. The number of nitrogens with zero attached hydrogens (tertiary/aromatic N) is 2. The number of carbonyl (C=O) groups excluding carboxylic acids is 1. The van der Waals surface area contributed by atoms with E-state index in [1.165, 1.54) is 4.90 Å². The highest BCUT2D eigenvalue weighted by molar-refractivity contribution is 9.10. The van der Waals surface area contributed by atoms with E-state index in [-0.39, 0.29) is 36.4 Å². The highest BCUT2D eigenvalue weighted by atomic mass is 79.9. The van der Waals surface area contributed by atoms with E-state index in [2.05, 4.69) is 20.9 Å². The van der Waals surface area contributed by atoms with Crippen LogP contribution >= 0.6 is 15.9 Å². The Balaban J connectivity index is 2.20. The second-order valence-corrected chi connectivity index (χ2v) is 6.91. The first-order chi connectivity index (χ1) is 8.76. The van der Waals surface area contributed by atoms with Crippen LogP contribution in [-0.2, 0) is 14.8 Å². The Morgan fingerprint density at radius 2 is 2.16 bits per heavy atom. The van der Waals surface area contributed by atoms with Crippen LogP contribution in [0.4, 0.5) is 11.5 Å². The fourth-order valence-electron chi connectivity index (χ4n) is 2.13. The zero-order valence-electron chi connectivity index (χ0n) is 9.91. The van der Waals surface area contributed by atoms with Gasteiger partial charge in [0.2, 0.25) is 15.9 Å². The summed E-state index contributed by atoms with van der Waals surface area (Å²) in [7, 11) is -3.59. The smallest absolute Gasteiger partial charge is 0.227 e. The van der Waals surface area contributed by atoms with Gasteiger partial charge in [0.05, 0.1) is 11.4 Å². The van der Waals surface area contributed by atoms with Gasteiger partial charge in [0.25, 0.3) is 0 Å². The number of halogens is 1. The van der Waals surface area contributed by atoms with Crippen LogP contribution in [0, 0.1) is 5.92 Å². The average molecular weight is 349 g/mol. The van der Waals surface area contributed by atoms with Crippen molar-refractivity contribution in [1.29, 1.82) is 0 Å². The van der Waals surface area contributed by atoms with Gasteiger partial charge in [-0.1, -0.05) is 0 Å². The second kappa shape index (κ2) is 5.06. The first-order valence-electron chi connectivity index (χ1n) is 5.49. The number of rotatable bonds is 3. The number of primary sulfonamides is 1. The fourth-order valence-corrected chi connectivity index (χ4v) is 3.33. The molecule has 0 saturated carbocycles. The van der Waals surface area contributed by atoms with Gasteiger partial charge < -0.3 is 10.6 Å². The summed E-state index contributed by atoms with van der Waals surface area (Å²) in [4.78, 5) is 17.4. The first kappa shape index (κ1) is 14.2. The molecule has 0 aromatic carbocycles. The molecule has 1 aromatic rings. The number of anilines is 2. The van der Waals surface area contributed by atoms with E-state index in [4.69, 9.17) is 10.9 Å². The van der Waals surface area contributed by atoms with Crippen LogP contribution in [0.5, 0.6) is 0 Å². The van der Waals surface area contributed by atoms with Gasteiger partial charge >= 0.3 is 0 Å². The van der Waals surface area contributed by atoms with Crippen molar-refractivity contribution in [2.75, 3.05) is 22.9 Å². The molecular weight excluding hydrogens is 336 g/mol. The van der Waals surface area contributed by atoms with E-state index in [0.717, 1.165) is 0 Å². The van der Waals surface area contributed by atoms with Gasteiger partial charge in [0.15, 0.2) is 0 Å². The van der Waals surface area contributed by atoms with Crippen molar-refractivity contribution < 1.29 is 13.2 Å². The van der Waals surface area contributed by atoms with Gasteiger partial charge in [-0.05, 0) is 28.1 Å². The number of hydrogen-bond acceptors (Lipinski definition) is 5. The van der Waals surface area contributed by atoms with Gasteiger partial charge in [-0.2, -0.15) is 0 Å². The zero-order chi connectivity index (χ0) is 14.2. The summed E-state index contributed by atoms with van der Waals surface area (Å²) < 4.78 is 22.7. The molecule has 1 fully saturated rings. The summed E-state index contributed by atoms with van der Waals surface area (Å²) in [6.45, 7) is 0.281. The van der Waals surface area contributed by atoms with E-state index in [1.54, 1.807) is 12.1 Å². The number of pyridine rings is 1. The van der Waals surface area contributed by atoms with E-state index < -0.39 is 10.0 Å². The summed E-state index contributed by atoms with van der Waals surface area (Å²) in [5.74, 6) is -0.479. The molecule has 9 heteroatoms. The molecular formula is C10H13BrN4O3S. The molecule has 1 aliphatic rings. The molecule has 2 heterocycles. The van der Waals surface area contributed by atoms with Crippen LogP contribution in [0.2, 0.25) is 0 Å². The Morgan fingerprint density at radius 1 is 1.47 bits per heavy atom.